The number of nitrogens with zero attached hydrogens (tertiary/aromatic N) is 3. The van der Waals surface area contributed by atoms with Crippen molar-refractivity contribution in [3.63, 3.8) is 0 Å². The van der Waals surface area contributed by atoms with E-state index >= 15 is 0 Å². The van der Waals surface area contributed by atoms with Crippen LogP contribution in [0.2, 0.25) is 0 Å². The molecule has 3 aliphatic heterocycles. The van der Waals surface area contributed by atoms with Crippen molar-refractivity contribution in [1.82, 2.24) is 9.63 Å². The molecule has 1 saturated heterocycles. The van der Waals surface area contributed by atoms with Gasteiger partial charge >= 0.3 is 5.97 Å². The Morgan fingerprint density at radius 2 is 1.75 bits per heavy atom. The van der Waals surface area contributed by atoms with Gasteiger partial charge in [-0.2, -0.15) is 16.8 Å². The van der Waals surface area contributed by atoms with Crippen LogP contribution >= 0.6 is 0 Å². The lowest BCUT2D eigenvalue weighted by molar-refractivity contribution is -0.698. The van der Waals surface area contributed by atoms with Gasteiger partial charge in [0.15, 0.2) is 10.6 Å². The van der Waals surface area contributed by atoms with Crippen LogP contribution in [0.25, 0.3) is 5.57 Å². The average molecular weight is 872 g/mol. The number of amides is 2. The number of rotatable bonds is 15. The molecule has 2 amide bonds. The molecule has 17 heteroatoms. The Bertz CT molecular complexity index is 2390. The summed E-state index contributed by atoms with van der Waals surface area (Å²) < 4.78 is 82.0. The van der Waals surface area contributed by atoms with Crippen LogP contribution in [-0.2, 0) is 52.5 Å². The summed E-state index contributed by atoms with van der Waals surface area (Å²) in [5.74, 6) is -1.22. The van der Waals surface area contributed by atoms with E-state index in [1.807, 2.05) is 54.4 Å². The normalized spacial score (nSPS) is 20.7. The van der Waals surface area contributed by atoms with Crippen molar-refractivity contribution in [2.24, 2.45) is 17.3 Å². The Kier molecular flexibility index (Phi) is 12.7. The first-order chi connectivity index (χ1) is 27.8. The van der Waals surface area contributed by atoms with Gasteiger partial charge in [-0.05, 0) is 86.8 Å². The summed E-state index contributed by atoms with van der Waals surface area (Å²) in [5.41, 5.74) is 3.49. The third-order valence-corrected chi connectivity index (χ3v) is 13.3. The molecule has 15 nitrogen and oxygen atoms in total. The molecule has 328 valence electrons. The molecule has 1 fully saturated rings. The molecule has 4 heterocycles. The fourth-order valence-corrected chi connectivity index (χ4v) is 10.5. The van der Waals surface area contributed by atoms with Gasteiger partial charge in [-0.15, -0.1) is 5.06 Å². The number of fused-ring (bicyclic) bond motifs is 3. The number of allylic oxidation sites excluding steroid dienone is 3. The van der Waals surface area contributed by atoms with E-state index in [0.29, 0.717) is 71.1 Å². The highest BCUT2D eigenvalue weighted by Crippen LogP contribution is 2.53. The van der Waals surface area contributed by atoms with Gasteiger partial charge in [-0.3, -0.25) is 18.7 Å². The molecule has 3 unspecified atom stereocenters. The van der Waals surface area contributed by atoms with Crippen LogP contribution in [0.15, 0.2) is 52.4 Å². The minimum atomic E-state index is -4.88. The number of unbranched alkanes of at least 4 members (excludes halogenated alkanes) is 2. The number of anilines is 1. The molecule has 2 aromatic rings. The van der Waals surface area contributed by atoms with Gasteiger partial charge < -0.3 is 14.9 Å². The summed E-state index contributed by atoms with van der Waals surface area (Å²) in [6.07, 6.45) is 11.0. The van der Waals surface area contributed by atoms with Gasteiger partial charge in [0.05, 0.1) is 30.1 Å². The maximum Gasteiger partial charge on any atom is 0.333 e. The van der Waals surface area contributed by atoms with Crippen LogP contribution in [0.3, 0.4) is 0 Å². The first-order valence-electron chi connectivity index (χ1n) is 20.8. The molecule has 3 N–H and O–H groups in total. The molecule has 0 spiro atoms. The molecule has 1 aliphatic carbocycles. The molecule has 0 saturated carbocycles. The smallest absolute Gasteiger partial charge is 0.333 e. The zero-order valence-corrected chi connectivity index (χ0v) is 37.5. The summed E-state index contributed by atoms with van der Waals surface area (Å²) >= 11 is 0. The van der Waals surface area contributed by atoms with Crippen LogP contribution in [0.1, 0.15) is 136 Å². The molecule has 1 aromatic heterocycles. The van der Waals surface area contributed by atoms with Crippen molar-refractivity contribution < 1.29 is 54.5 Å². The van der Waals surface area contributed by atoms with E-state index < -0.39 is 49.3 Å². The second-order valence-electron chi connectivity index (χ2n) is 18.7. The van der Waals surface area contributed by atoms with Gasteiger partial charge in [0.25, 0.3) is 37.9 Å². The number of ether oxygens (including phenoxy) is 1. The van der Waals surface area contributed by atoms with Crippen LogP contribution in [0.5, 0.6) is 5.75 Å². The SMILES string of the molecule is CC1C=C2Oc3c(cc4c(c3S(=O)(=O)O)NC(C)(C)CC4C)C(c3n(CCCCCC(=O)ON4C(=O)CCC4=O)cc[n+]3CCCS(=O)(=O)O)=C2C=C1C(C)CC(C)(C)C. The van der Waals surface area contributed by atoms with Crippen LogP contribution in [0.4, 0.5) is 5.69 Å². The van der Waals surface area contributed by atoms with Crippen molar-refractivity contribution in [2.75, 3.05) is 11.1 Å². The number of hydroxylamine groups is 2. The highest BCUT2D eigenvalue weighted by molar-refractivity contribution is 7.86. The number of carbonyl (C=O) groups is 3. The number of benzene rings is 1. The van der Waals surface area contributed by atoms with Gasteiger partial charge in [0.2, 0.25) is 0 Å². The van der Waals surface area contributed by atoms with E-state index in [1.165, 1.54) is 5.57 Å². The molecular weight excluding hydrogens is 813 g/mol. The monoisotopic (exact) mass is 871 g/mol. The molecular formula is C43H59N4O11S2+. The Morgan fingerprint density at radius 1 is 1.07 bits per heavy atom. The highest BCUT2D eigenvalue weighted by atomic mass is 32.2. The van der Waals surface area contributed by atoms with Crippen molar-refractivity contribution >= 4 is 49.3 Å². The largest absolute Gasteiger partial charge is 0.455 e. The van der Waals surface area contributed by atoms with Crippen molar-refractivity contribution in [3.05, 3.63) is 64.5 Å². The lowest BCUT2D eigenvalue weighted by Crippen LogP contribution is -2.39. The number of hydrogen-bond acceptors (Lipinski definition) is 10. The van der Waals surface area contributed by atoms with Gasteiger partial charge in [0.1, 0.15) is 18.2 Å². The predicted molar refractivity (Wildman–Crippen MR) is 224 cm³/mol. The summed E-state index contributed by atoms with van der Waals surface area (Å²) in [5, 5.41) is 3.91. The Balaban J connectivity index is 1.49. The Morgan fingerprint density at radius 3 is 2.38 bits per heavy atom. The molecule has 60 heavy (non-hydrogen) atoms. The Hall–Kier alpha value is -4.32. The number of aryl methyl sites for hydroxylation is 2. The van der Waals surface area contributed by atoms with E-state index in [0.717, 1.165) is 6.42 Å². The number of imidazole rings is 1. The quantitative estimate of drug-likeness (QED) is 0.0725. The van der Waals surface area contributed by atoms with Crippen molar-refractivity contribution in [3.8, 4) is 5.75 Å². The van der Waals surface area contributed by atoms with E-state index in [-0.39, 0.29) is 71.7 Å². The number of carbonyl (C=O) groups excluding carboxylic acids is 3. The molecule has 1 aromatic carbocycles. The predicted octanol–water partition coefficient (Wildman–Crippen LogP) is 6.89. The van der Waals surface area contributed by atoms with Gasteiger partial charge in [-0.25, -0.2) is 13.9 Å². The summed E-state index contributed by atoms with van der Waals surface area (Å²) in [4.78, 5) is 41.0. The molecule has 3 atom stereocenters. The second kappa shape index (κ2) is 16.9. The number of imide groups is 1. The second-order valence-corrected chi connectivity index (χ2v) is 21.6. The maximum atomic E-state index is 13.6. The summed E-state index contributed by atoms with van der Waals surface area (Å²) in [7, 11) is -9.15. The minimum Gasteiger partial charge on any atom is -0.455 e. The summed E-state index contributed by atoms with van der Waals surface area (Å²) in [6.45, 7) is 17.4. The lowest BCUT2D eigenvalue weighted by atomic mass is 9.75. The van der Waals surface area contributed by atoms with E-state index in [1.54, 1.807) is 0 Å². The zero-order valence-electron chi connectivity index (χ0n) is 35.8. The first kappa shape index (κ1) is 45.2. The minimum absolute atomic E-state index is 0.00687. The van der Waals surface area contributed by atoms with Crippen molar-refractivity contribution in [1.29, 1.82) is 0 Å². The maximum absolute atomic E-state index is 13.6. The van der Waals surface area contributed by atoms with Gasteiger partial charge in [-0.1, -0.05) is 53.2 Å². The highest BCUT2D eigenvalue weighted by Gasteiger charge is 2.43. The topological polar surface area (TPSA) is 202 Å². The van der Waals surface area contributed by atoms with Crippen LogP contribution in [0, 0.1) is 17.3 Å². The van der Waals surface area contributed by atoms with Crippen molar-refractivity contribution in [2.45, 2.75) is 143 Å². The molecule has 6 rings (SSSR count). The number of nitrogens with one attached hydrogen (secondary N) is 1. The standard InChI is InChI=1S/C43H58N4O11S2/c1-26-21-33-31(22-29(26)27(2)24-42(4,5)6)37(32-23-30-28(3)25-43(7,8)44-38(30)40(39(32)57-33)60(54,55)56)41-45(18-19-46(41)17-12-20-59(51,52)53)16-11-9-10-13-36(50)58-47-34(48)14-15-35(47)49/h18-19,21-23,26-28,44H,9-17,20,24-25H2,1-8H3,(H-,51,52,53,54,55,56)/p+1. The van der Waals surface area contributed by atoms with Crippen LogP contribution in [-0.4, -0.2) is 64.6 Å². The average Bonchev–Trinajstić information content (AvgIpc) is 3.64. The number of hydrogen-bond donors (Lipinski definition) is 3. The molecule has 0 radical (unpaired) electrons. The van der Waals surface area contributed by atoms with E-state index in [2.05, 4.69) is 46.0 Å². The number of aromatic nitrogens is 2. The molecule has 4 aliphatic rings. The third kappa shape index (κ3) is 10.1. The lowest BCUT2D eigenvalue weighted by Gasteiger charge is -2.40. The van der Waals surface area contributed by atoms with E-state index in [9.17, 15) is 40.3 Å². The zero-order chi connectivity index (χ0) is 44.1. The fourth-order valence-electron chi connectivity index (χ4n) is 9.23. The van der Waals surface area contributed by atoms with E-state index in [4.69, 9.17) is 9.57 Å². The Labute approximate surface area is 353 Å². The third-order valence-electron chi connectivity index (χ3n) is 11.6. The van der Waals surface area contributed by atoms with Crippen LogP contribution < -0.4 is 14.6 Å². The molecule has 0 bridgehead atoms. The van der Waals surface area contributed by atoms with Gasteiger partial charge in [0, 0.05) is 42.4 Å². The summed E-state index contributed by atoms with van der Waals surface area (Å²) in [6, 6.07) is 1.94. The first-order valence-corrected chi connectivity index (χ1v) is 23.8. The fraction of sp³-hybridized carbons (Fsp3) is 0.581.